The highest BCUT2D eigenvalue weighted by atomic mass is 79.9. The number of aromatic nitrogens is 2. The molecule has 0 aliphatic rings. The van der Waals surface area contributed by atoms with Crippen molar-refractivity contribution >= 4 is 26.9 Å². The molecular weight excluding hydrogens is 324 g/mol. The second kappa shape index (κ2) is 5.05. The SMILES string of the molecule is COc1ccc(-c2nc(=O)c3c(Br)cncc3o2)cc1. The molecule has 0 atom stereocenters. The summed E-state index contributed by atoms with van der Waals surface area (Å²) < 4.78 is 11.3. The second-order valence-corrected chi connectivity index (χ2v) is 4.90. The molecule has 0 fully saturated rings. The van der Waals surface area contributed by atoms with Crippen LogP contribution in [0.1, 0.15) is 0 Å². The number of rotatable bonds is 2. The van der Waals surface area contributed by atoms with Gasteiger partial charge in [-0.15, -0.1) is 0 Å². The third-order valence-corrected chi connectivity index (χ3v) is 3.43. The number of nitrogens with zero attached hydrogens (tertiary/aromatic N) is 2. The van der Waals surface area contributed by atoms with Gasteiger partial charge in [0.2, 0.25) is 5.89 Å². The lowest BCUT2D eigenvalue weighted by atomic mass is 10.2. The average molecular weight is 333 g/mol. The molecule has 0 unspecified atom stereocenters. The van der Waals surface area contributed by atoms with Crippen molar-refractivity contribution in [2.24, 2.45) is 0 Å². The predicted octanol–water partition coefficient (Wildman–Crippen LogP) is 3.02. The van der Waals surface area contributed by atoms with Crippen LogP contribution in [0.5, 0.6) is 5.75 Å². The zero-order valence-electron chi connectivity index (χ0n) is 10.5. The van der Waals surface area contributed by atoms with Crippen LogP contribution in [0.2, 0.25) is 0 Å². The summed E-state index contributed by atoms with van der Waals surface area (Å²) in [7, 11) is 1.59. The minimum atomic E-state index is -0.355. The summed E-state index contributed by atoms with van der Waals surface area (Å²) >= 11 is 3.27. The summed E-state index contributed by atoms with van der Waals surface area (Å²) in [5, 5.41) is 0.386. The number of halogens is 1. The van der Waals surface area contributed by atoms with Gasteiger partial charge in [0, 0.05) is 11.8 Å². The van der Waals surface area contributed by atoms with E-state index in [2.05, 4.69) is 25.9 Å². The first-order chi connectivity index (χ1) is 9.69. The van der Waals surface area contributed by atoms with Gasteiger partial charge in [0.05, 0.1) is 17.8 Å². The van der Waals surface area contributed by atoms with Crippen LogP contribution in [-0.4, -0.2) is 17.1 Å². The molecule has 2 aromatic heterocycles. The first-order valence-electron chi connectivity index (χ1n) is 5.78. The molecule has 20 heavy (non-hydrogen) atoms. The summed E-state index contributed by atoms with van der Waals surface area (Å²) in [6.45, 7) is 0. The molecule has 0 amide bonds. The summed E-state index contributed by atoms with van der Waals surface area (Å²) in [6.07, 6.45) is 3.03. The summed E-state index contributed by atoms with van der Waals surface area (Å²) in [5.41, 5.74) is 0.737. The molecular formula is C14H9BrN2O3. The van der Waals surface area contributed by atoms with Gasteiger partial charge >= 0.3 is 0 Å². The summed E-state index contributed by atoms with van der Waals surface area (Å²) in [5.74, 6) is 0.978. The van der Waals surface area contributed by atoms with Gasteiger partial charge in [0.25, 0.3) is 5.56 Å². The maximum absolute atomic E-state index is 12.1. The van der Waals surface area contributed by atoms with E-state index < -0.39 is 0 Å². The van der Waals surface area contributed by atoms with Crippen LogP contribution in [0.15, 0.2) is 50.3 Å². The Balaban J connectivity index is 2.19. The molecule has 100 valence electrons. The van der Waals surface area contributed by atoms with Crippen molar-refractivity contribution in [2.75, 3.05) is 7.11 Å². The van der Waals surface area contributed by atoms with Gasteiger partial charge in [-0.25, -0.2) is 0 Å². The molecule has 0 saturated carbocycles. The molecule has 6 heteroatoms. The Labute approximate surface area is 122 Å². The van der Waals surface area contributed by atoms with E-state index in [9.17, 15) is 4.79 Å². The Morgan fingerprint density at radius 2 is 1.95 bits per heavy atom. The van der Waals surface area contributed by atoms with E-state index >= 15 is 0 Å². The van der Waals surface area contributed by atoms with Crippen molar-refractivity contribution in [2.45, 2.75) is 0 Å². The van der Waals surface area contributed by atoms with Crippen molar-refractivity contribution in [1.82, 2.24) is 9.97 Å². The van der Waals surface area contributed by atoms with Crippen LogP contribution in [0.3, 0.4) is 0 Å². The Bertz CT molecular complexity index is 828. The third kappa shape index (κ3) is 2.18. The number of methoxy groups -OCH3 is 1. The standard InChI is InChI=1S/C14H9BrN2O3/c1-19-9-4-2-8(3-5-9)14-17-13(18)12-10(15)6-16-7-11(12)20-14/h2-7H,1H3. The highest BCUT2D eigenvalue weighted by molar-refractivity contribution is 9.10. The monoisotopic (exact) mass is 332 g/mol. The molecule has 0 saturated heterocycles. The van der Waals surface area contributed by atoms with Gasteiger partial charge in [-0.2, -0.15) is 4.98 Å². The van der Waals surface area contributed by atoms with Crippen LogP contribution >= 0.6 is 15.9 Å². The van der Waals surface area contributed by atoms with Gasteiger partial charge in [-0.3, -0.25) is 9.78 Å². The molecule has 5 nitrogen and oxygen atoms in total. The topological polar surface area (TPSA) is 65.2 Å². The molecule has 0 bridgehead atoms. The lowest BCUT2D eigenvalue weighted by Crippen LogP contribution is -2.08. The van der Waals surface area contributed by atoms with Gasteiger partial charge in [-0.05, 0) is 40.2 Å². The number of hydrogen-bond donors (Lipinski definition) is 0. The molecule has 3 aromatic rings. The van der Waals surface area contributed by atoms with Gasteiger partial charge in [0.1, 0.15) is 11.1 Å². The lowest BCUT2D eigenvalue weighted by Gasteiger charge is -2.04. The van der Waals surface area contributed by atoms with E-state index in [1.165, 1.54) is 12.4 Å². The normalized spacial score (nSPS) is 10.7. The maximum atomic E-state index is 12.1. The quantitative estimate of drug-likeness (QED) is 0.721. The Hall–Kier alpha value is -2.21. The second-order valence-electron chi connectivity index (χ2n) is 4.05. The number of fused-ring (bicyclic) bond motifs is 1. The minimum Gasteiger partial charge on any atom is -0.497 e. The third-order valence-electron chi connectivity index (χ3n) is 2.83. The van der Waals surface area contributed by atoms with Crippen molar-refractivity contribution in [1.29, 1.82) is 0 Å². The maximum Gasteiger partial charge on any atom is 0.285 e. The average Bonchev–Trinajstić information content (AvgIpc) is 2.47. The van der Waals surface area contributed by atoms with Gasteiger partial charge < -0.3 is 9.15 Å². The fraction of sp³-hybridized carbons (Fsp3) is 0.0714. The first kappa shape index (κ1) is 12.8. The Morgan fingerprint density at radius 1 is 1.20 bits per heavy atom. The molecule has 0 aliphatic heterocycles. The molecule has 3 rings (SSSR count). The molecule has 2 heterocycles. The molecule has 0 spiro atoms. The fourth-order valence-corrected chi connectivity index (χ4v) is 2.32. The van der Waals surface area contributed by atoms with E-state index in [1.807, 2.05) is 0 Å². The first-order valence-corrected chi connectivity index (χ1v) is 6.57. The summed E-state index contributed by atoms with van der Waals surface area (Å²) in [6, 6.07) is 7.11. The Kier molecular flexibility index (Phi) is 3.23. The molecule has 0 N–H and O–H groups in total. The molecule has 0 aliphatic carbocycles. The van der Waals surface area contributed by atoms with E-state index in [4.69, 9.17) is 9.15 Å². The lowest BCUT2D eigenvalue weighted by molar-refractivity contribution is 0.415. The highest BCUT2D eigenvalue weighted by Crippen LogP contribution is 2.24. The van der Waals surface area contributed by atoms with E-state index in [1.54, 1.807) is 31.4 Å². The van der Waals surface area contributed by atoms with Crippen molar-refractivity contribution in [3.8, 4) is 17.2 Å². The largest absolute Gasteiger partial charge is 0.497 e. The number of pyridine rings is 1. The smallest absolute Gasteiger partial charge is 0.285 e. The van der Waals surface area contributed by atoms with Crippen LogP contribution in [0.25, 0.3) is 22.4 Å². The molecule has 0 radical (unpaired) electrons. The molecule has 1 aromatic carbocycles. The number of benzene rings is 1. The minimum absolute atomic E-state index is 0.255. The zero-order chi connectivity index (χ0) is 14.1. The van der Waals surface area contributed by atoms with Gasteiger partial charge in [0.15, 0.2) is 5.58 Å². The van der Waals surface area contributed by atoms with E-state index in [0.29, 0.717) is 21.0 Å². The number of hydrogen-bond acceptors (Lipinski definition) is 5. The highest BCUT2D eigenvalue weighted by Gasteiger charge is 2.11. The van der Waals surface area contributed by atoms with Gasteiger partial charge in [-0.1, -0.05) is 0 Å². The van der Waals surface area contributed by atoms with Crippen LogP contribution < -0.4 is 10.3 Å². The van der Waals surface area contributed by atoms with Crippen molar-refractivity contribution in [3.05, 3.63) is 51.5 Å². The Morgan fingerprint density at radius 3 is 2.65 bits per heavy atom. The van der Waals surface area contributed by atoms with Crippen LogP contribution in [-0.2, 0) is 0 Å². The van der Waals surface area contributed by atoms with Crippen LogP contribution in [0.4, 0.5) is 0 Å². The predicted molar refractivity (Wildman–Crippen MR) is 77.8 cm³/mol. The van der Waals surface area contributed by atoms with Crippen molar-refractivity contribution in [3.63, 3.8) is 0 Å². The van der Waals surface area contributed by atoms with Crippen molar-refractivity contribution < 1.29 is 9.15 Å². The fourth-order valence-electron chi connectivity index (χ4n) is 1.83. The summed E-state index contributed by atoms with van der Waals surface area (Å²) in [4.78, 5) is 20.0. The van der Waals surface area contributed by atoms with E-state index in [0.717, 1.165) is 5.75 Å². The van der Waals surface area contributed by atoms with Crippen LogP contribution in [0, 0.1) is 0 Å². The number of ether oxygens (including phenoxy) is 1. The van der Waals surface area contributed by atoms with E-state index in [-0.39, 0.29) is 11.4 Å². The zero-order valence-corrected chi connectivity index (χ0v) is 12.0.